The predicted octanol–water partition coefficient (Wildman–Crippen LogP) is 2.64. The first-order valence-electron chi connectivity index (χ1n) is 12.9. The third-order valence-electron chi connectivity index (χ3n) is 6.30. The molecule has 0 saturated heterocycles. The summed E-state index contributed by atoms with van der Waals surface area (Å²) < 4.78 is 35.9. The average Bonchev–Trinajstić information content (AvgIpc) is 3.57. The van der Waals surface area contributed by atoms with Gasteiger partial charge in [-0.2, -0.15) is 24.7 Å². The fourth-order valence-electron chi connectivity index (χ4n) is 4.05. The van der Waals surface area contributed by atoms with Crippen LogP contribution in [0.3, 0.4) is 0 Å². The van der Waals surface area contributed by atoms with Crippen LogP contribution in [0.1, 0.15) is 37.3 Å². The van der Waals surface area contributed by atoms with Gasteiger partial charge in [0.15, 0.2) is 5.65 Å². The molecule has 0 bridgehead atoms. The molecule has 4 aromatic rings. The summed E-state index contributed by atoms with van der Waals surface area (Å²) in [6.07, 6.45) is 5.99. The number of likely N-dealkylation sites (N-methyl/N-ethyl adjacent to an activating group) is 1. The maximum absolute atomic E-state index is 12.6. The number of nitrogens with zero attached hydrogens (tertiary/aromatic N) is 8. The van der Waals surface area contributed by atoms with Gasteiger partial charge in [-0.25, -0.2) is 17.4 Å². The zero-order chi connectivity index (χ0) is 28.0. The molecule has 0 aliphatic rings. The minimum Gasteiger partial charge on any atom is -0.462 e. The first-order valence-corrected chi connectivity index (χ1v) is 14.6. The average molecular weight is 556 g/mol. The number of aromatic nitrogens is 6. The van der Waals surface area contributed by atoms with Crippen molar-refractivity contribution < 1.29 is 13.2 Å². The summed E-state index contributed by atoms with van der Waals surface area (Å²) in [5, 5.41) is 12.2. The van der Waals surface area contributed by atoms with E-state index in [1.165, 1.54) is 4.31 Å². The van der Waals surface area contributed by atoms with Crippen molar-refractivity contribution in [3.63, 3.8) is 0 Å². The number of anilines is 1. The third-order valence-corrected chi connectivity index (χ3v) is 8.23. The molecule has 0 fully saturated rings. The van der Waals surface area contributed by atoms with Crippen molar-refractivity contribution in [3.05, 3.63) is 60.0 Å². The summed E-state index contributed by atoms with van der Waals surface area (Å²) >= 11 is 0. The van der Waals surface area contributed by atoms with E-state index in [0.29, 0.717) is 31.1 Å². The molecule has 13 heteroatoms. The van der Waals surface area contributed by atoms with Crippen molar-refractivity contribution >= 4 is 21.6 Å². The Balaban J connectivity index is 1.50. The van der Waals surface area contributed by atoms with Gasteiger partial charge in [0, 0.05) is 38.1 Å². The number of para-hydroxylation sites is 1. The fraction of sp³-hybridized carbons (Fsp3) is 0.462. The summed E-state index contributed by atoms with van der Waals surface area (Å²) in [7, 11) is 2.04. The third kappa shape index (κ3) is 7.11. The highest BCUT2D eigenvalue weighted by Gasteiger charge is 2.19. The molecular formula is C26H37N9O3S. The maximum Gasteiger partial charge on any atom is 0.321 e. The first-order chi connectivity index (χ1) is 18.7. The Labute approximate surface area is 229 Å². The molecule has 4 rings (SSSR count). The summed E-state index contributed by atoms with van der Waals surface area (Å²) in [5.41, 5.74) is 3.58. The Hall–Kier alpha value is -3.55. The Morgan fingerprint density at radius 1 is 1.05 bits per heavy atom. The highest BCUT2D eigenvalue weighted by atomic mass is 32.2. The molecule has 0 amide bonds. The van der Waals surface area contributed by atoms with Crippen LogP contribution >= 0.6 is 0 Å². The Morgan fingerprint density at radius 3 is 2.56 bits per heavy atom. The number of rotatable bonds is 14. The van der Waals surface area contributed by atoms with Gasteiger partial charge in [-0.3, -0.25) is 0 Å². The van der Waals surface area contributed by atoms with E-state index in [4.69, 9.17) is 4.74 Å². The maximum atomic E-state index is 12.6. The topological polar surface area (TPSA) is 123 Å². The second-order valence-corrected chi connectivity index (χ2v) is 12.1. The monoisotopic (exact) mass is 555 g/mol. The molecule has 0 aliphatic carbocycles. The quantitative estimate of drug-likeness (QED) is 0.250. The summed E-state index contributed by atoms with van der Waals surface area (Å²) in [5.74, 6) is 0.755. The van der Waals surface area contributed by atoms with Gasteiger partial charge in [-0.15, -0.1) is 0 Å². The molecule has 1 N–H and O–H groups in total. The van der Waals surface area contributed by atoms with Crippen LogP contribution < -0.4 is 10.1 Å². The second-order valence-electron chi connectivity index (χ2n) is 9.90. The largest absolute Gasteiger partial charge is 0.462 e. The molecule has 1 aromatic carbocycles. The molecule has 3 heterocycles. The molecule has 3 aromatic heterocycles. The van der Waals surface area contributed by atoms with E-state index in [2.05, 4.69) is 39.3 Å². The lowest BCUT2D eigenvalue weighted by Gasteiger charge is -2.18. The van der Waals surface area contributed by atoms with Crippen molar-refractivity contribution in [1.29, 1.82) is 0 Å². The van der Waals surface area contributed by atoms with Crippen LogP contribution in [0.5, 0.6) is 6.01 Å². The van der Waals surface area contributed by atoms with E-state index in [9.17, 15) is 8.42 Å². The number of sulfonamides is 1. The summed E-state index contributed by atoms with van der Waals surface area (Å²) in [4.78, 5) is 11.1. The normalized spacial score (nSPS) is 12.2. The van der Waals surface area contributed by atoms with Crippen molar-refractivity contribution in [2.24, 2.45) is 0 Å². The number of ether oxygens (including phenoxy) is 1. The number of benzene rings is 1. The van der Waals surface area contributed by atoms with Gasteiger partial charge in [0.05, 0.1) is 17.6 Å². The van der Waals surface area contributed by atoms with Gasteiger partial charge in [-0.05, 0) is 50.7 Å². The molecular weight excluding hydrogens is 518 g/mol. The van der Waals surface area contributed by atoms with E-state index in [-0.39, 0.29) is 30.8 Å². The SMILES string of the molecule is CC(C)c1cnn2c(NCc3ccccc3-n3cccn3)nc(OCCN(C)S(=O)(=O)CCCN(C)C)nc12. The van der Waals surface area contributed by atoms with Gasteiger partial charge >= 0.3 is 6.01 Å². The van der Waals surface area contributed by atoms with Gasteiger partial charge in [0.2, 0.25) is 16.0 Å². The van der Waals surface area contributed by atoms with E-state index in [1.54, 1.807) is 24.0 Å². The number of nitrogens with one attached hydrogen (secondary N) is 1. The van der Waals surface area contributed by atoms with E-state index < -0.39 is 10.0 Å². The fourth-order valence-corrected chi connectivity index (χ4v) is 5.21. The van der Waals surface area contributed by atoms with Crippen LogP contribution in [-0.4, -0.2) is 93.6 Å². The minimum atomic E-state index is -3.37. The Morgan fingerprint density at radius 2 is 1.85 bits per heavy atom. The molecule has 0 spiro atoms. The highest BCUT2D eigenvalue weighted by Crippen LogP contribution is 2.23. The zero-order valence-corrected chi connectivity index (χ0v) is 24.0. The lowest BCUT2D eigenvalue weighted by atomic mass is 10.1. The van der Waals surface area contributed by atoms with Crippen LogP contribution in [-0.2, 0) is 16.6 Å². The van der Waals surface area contributed by atoms with Gasteiger partial charge in [-0.1, -0.05) is 32.0 Å². The highest BCUT2D eigenvalue weighted by molar-refractivity contribution is 7.89. The molecule has 0 aliphatic heterocycles. The Bertz CT molecular complexity index is 1470. The molecule has 0 saturated carbocycles. The summed E-state index contributed by atoms with van der Waals surface area (Å²) in [6.45, 7) is 5.63. The van der Waals surface area contributed by atoms with Crippen molar-refractivity contribution in [2.75, 3.05) is 51.9 Å². The molecule has 39 heavy (non-hydrogen) atoms. The molecule has 0 atom stereocenters. The lowest BCUT2D eigenvalue weighted by molar-refractivity contribution is 0.267. The zero-order valence-electron chi connectivity index (χ0n) is 23.1. The Kier molecular flexibility index (Phi) is 9.15. The van der Waals surface area contributed by atoms with Crippen LogP contribution in [0, 0.1) is 0 Å². The molecule has 12 nitrogen and oxygen atoms in total. The van der Waals surface area contributed by atoms with E-state index in [1.807, 2.05) is 60.2 Å². The van der Waals surface area contributed by atoms with Crippen molar-refractivity contribution in [1.82, 2.24) is 38.6 Å². The standard InChI is InChI=1S/C26H37N9O3S/c1-20(2)22-19-29-35-24(22)30-26(38-16-15-33(5)39(36,37)17-9-13-32(3)4)31-25(35)27-18-21-10-6-7-11-23(21)34-14-8-12-28-34/h6-8,10-12,14,19-20H,9,13,15-18H2,1-5H3,(H,27,30,31). The van der Waals surface area contributed by atoms with E-state index in [0.717, 1.165) is 16.8 Å². The smallest absolute Gasteiger partial charge is 0.321 e. The van der Waals surface area contributed by atoms with Crippen LogP contribution in [0.2, 0.25) is 0 Å². The van der Waals surface area contributed by atoms with E-state index >= 15 is 0 Å². The first kappa shape index (κ1) is 28.5. The van der Waals surface area contributed by atoms with Gasteiger partial charge < -0.3 is 15.0 Å². The number of hydrogen-bond donors (Lipinski definition) is 1. The molecule has 210 valence electrons. The molecule has 0 radical (unpaired) electrons. The van der Waals surface area contributed by atoms with Gasteiger partial charge in [0.25, 0.3) is 0 Å². The lowest BCUT2D eigenvalue weighted by Crippen LogP contribution is -2.33. The minimum absolute atomic E-state index is 0.0891. The van der Waals surface area contributed by atoms with Crippen molar-refractivity contribution in [3.8, 4) is 11.7 Å². The number of fused-ring (bicyclic) bond motifs is 1. The van der Waals surface area contributed by atoms with Crippen LogP contribution in [0.25, 0.3) is 11.3 Å². The van der Waals surface area contributed by atoms with Crippen molar-refractivity contribution in [2.45, 2.75) is 32.7 Å². The summed E-state index contributed by atoms with van der Waals surface area (Å²) in [6, 6.07) is 10.0. The number of hydrogen-bond acceptors (Lipinski definition) is 9. The van der Waals surface area contributed by atoms with Crippen LogP contribution in [0.15, 0.2) is 48.9 Å². The van der Waals surface area contributed by atoms with Crippen LogP contribution in [0.4, 0.5) is 5.95 Å². The molecule has 0 unspecified atom stereocenters. The second kappa shape index (κ2) is 12.5. The predicted molar refractivity (Wildman–Crippen MR) is 151 cm³/mol. The van der Waals surface area contributed by atoms with Gasteiger partial charge in [0.1, 0.15) is 6.61 Å².